The van der Waals surface area contributed by atoms with Gasteiger partial charge in [0.25, 0.3) is 0 Å². The van der Waals surface area contributed by atoms with Crippen molar-refractivity contribution in [2.45, 2.75) is 45.1 Å². The predicted octanol–water partition coefficient (Wildman–Crippen LogP) is 3.68. The molecule has 13 nitrogen and oxygen atoms in total. The first-order valence-corrected chi connectivity index (χ1v) is 15.1. The lowest BCUT2D eigenvalue weighted by molar-refractivity contribution is -0.130. The molecular formula is C33H36N8O5. The molecule has 1 saturated carbocycles. The number of nitrogens with zero attached hydrogens (tertiary/aromatic N) is 3. The molecule has 0 unspecified atom stereocenters. The van der Waals surface area contributed by atoms with E-state index >= 15 is 0 Å². The zero-order chi connectivity index (χ0) is 32.6. The molecule has 1 aromatic heterocycles. The zero-order valence-electron chi connectivity index (χ0n) is 25.3. The highest BCUT2D eigenvalue weighted by atomic mass is 16.4. The minimum absolute atomic E-state index is 0.184. The maximum absolute atomic E-state index is 13.6. The molecule has 5 rings (SSSR count). The molecule has 1 heterocycles. The number of carbonyl (C=O) groups excluding carboxylic acids is 3. The van der Waals surface area contributed by atoms with E-state index in [9.17, 15) is 19.2 Å². The molecule has 1 aliphatic rings. The second-order valence-corrected chi connectivity index (χ2v) is 11.6. The SMILES string of the molecule is Cc1cc(C(N)=O)ccc1-c1ccc(C[C@H](NC(=O)[C@H]2CC[C@H](CNC(=O)O)CC2)C(=O)Nc2ccc(-c3nn[nH]n3)cc2)cc1. The fourth-order valence-corrected chi connectivity index (χ4v) is 5.77. The molecule has 0 bridgehead atoms. The van der Waals surface area contributed by atoms with Gasteiger partial charge in [-0.2, -0.15) is 5.21 Å². The Bertz CT molecular complexity index is 1680. The summed E-state index contributed by atoms with van der Waals surface area (Å²) in [5, 5.41) is 31.1. The number of amides is 4. The van der Waals surface area contributed by atoms with Gasteiger partial charge in [-0.1, -0.05) is 30.3 Å². The molecule has 1 atom stereocenters. The summed E-state index contributed by atoms with van der Waals surface area (Å²) in [6.07, 6.45) is 1.89. The highest BCUT2D eigenvalue weighted by Gasteiger charge is 2.30. The van der Waals surface area contributed by atoms with Gasteiger partial charge >= 0.3 is 6.09 Å². The largest absolute Gasteiger partial charge is 0.465 e. The summed E-state index contributed by atoms with van der Waals surface area (Å²) in [6.45, 7) is 2.28. The first-order valence-electron chi connectivity index (χ1n) is 15.1. The highest BCUT2D eigenvalue weighted by molar-refractivity contribution is 5.98. The van der Waals surface area contributed by atoms with Crippen molar-refractivity contribution in [1.82, 2.24) is 31.3 Å². The first kappa shape index (κ1) is 31.8. The molecule has 7 N–H and O–H groups in total. The van der Waals surface area contributed by atoms with Gasteiger partial charge in [-0.15, -0.1) is 10.2 Å². The minimum atomic E-state index is -1.05. The maximum Gasteiger partial charge on any atom is 0.404 e. The Labute approximate surface area is 265 Å². The van der Waals surface area contributed by atoms with Crippen LogP contribution in [0.25, 0.3) is 22.5 Å². The average Bonchev–Trinajstić information content (AvgIpc) is 3.60. The maximum atomic E-state index is 13.6. The van der Waals surface area contributed by atoms with Gasteiger partial charge in [-0.25, -0.2) is 4.79 Å². The standard InChI is InChI=1S/C33H36N8O5/c1-19-16-25(29(34)42)12-15-27(19)22-6-2-20(3-7-22)17-28(37-31(43)24-8-4-21(5-9-24)18-35-33(45)46)32(44)36-26-13-10-23(11-14-26)30-38-40-41-39-30/h2-3,6-7,10-16,21,24,28,35H,4-5,8-9,17-18H2,1H3,(H2,34,42)(H,36,44)(H,37,43)(H,45,46)(H,38,39,40,41)/t21-,24-,28-/m0/s1. The molecule has 0 aliphatic heterocycles. The van der Waals surface area contributed by atoms with E-state index in [1.807, 2.05) is 37.3 Å². The topological polar surface area (TPSA) is 205 Å². The number of hydrogen-bond donors (Lipinski definition) is 6. The summed E-state index contributed by atoms with van der Waals surface area (Å²) in [6, 6.07) is 19.2. The smallest absolute Gasteiger partial charge is 0.404 e. The van der Waals surface area contributed by atoms with Gasteiger partial charge in [0.05, 0.1) is 0 Å². The number of aryl methyl sites for hydroxylation is 1. The van der Waals surface area contributed by atoms with Crippen molar-refractivity contribution < 1.29 is 24.3 Å². The molecule has 1 aliphatic carbocycles. The third-order valence-electron chi connectivity index (χ3n) is 8.36. The van der Waals surface area contributed by atoms with Gasteiger partial charge in [0.2, 0.25) is 23.5 Å². The van der Waals surface area contributed by atoms with Crippen LogP contribution >= 0.6 is 0 Å². The molecule has 0 saturated heterocycles. The fourth-order valence-electron chi connectivity index (χ4n) is 5.77. The Balaban J connectivity index is 1.29. The molecule has 0 spiro atoms. The van der Waals surface area contributed by atoms with Crippen LogP contribution in [0.1, 0.15) is 47.2 Å². The van der Waals surface area contributed by atoms with E-state index in [-0.39, 0.29) is 30.1 Å². The second kappa shape index (κ2) is 14.5. The van der Waals surface area contributed by atoms with Crippen LogP contribution < -0.4 is 21.7 Å². The number of anilines is 1. The number of rotatable bonds is 11. The van der Waals surface area contributed by atoms with Crippen LogP contribution in [0.3, 0.4) is 0 Å². The molecule has 4 amide bonds. The van der Waals surface area contributed by atoms with Crippen molar-refractivity contribution in [3.05, 3.63) is 83.4 Å². The molecule has 13 heteroatoms. The number of H-pyrrole nitrogens is 1. The van der Waals surface area contributed by atoms with E-state index in [0.717, 1.165) is 40.7 Å². The number of carbonyl (C=O) groups is 4. The Morgan fingerprint density at radius 2 is 1.65 bits per heavy atom. The van der Waals surface area contributed by atoms with Gasteiger partial charge < -0.3 is 26.8 Å². The molecule has 3 aromatic carbocycles. The van der Waals surface area contributed by atoms with Crippen molar-refractivity contribution in [2.24, 2.45) is 17.6 Å². The summed E-state index contributed by atoms with van der Waals surface area (Å²) in [7, 11) is 0. The van der Waals surface area contributed by atoms with Crippen LogP contribution in [0.4, 0.5) is 10.5 Å². The van der Waals surface area contributed by atoms with Crippen LogP contribution in [0, 0.1) is 18.8 Å². The van der Waals surface area contributed by atoms with Crippen LogP contribution in [0.2, 0.25) is 0 Å². The Hall–Kier alpha value is -5.59. The van der Waals surface area contributed by atoms with Gasteiger partial charge in [-0.3, -0.25) is 14.4 Å². The number of hydrogen-bond acceptors (Lipinski definition) is 7. The summed E-state index contributed by atoms with van der Waals surface area (Å²) in [4.78, 5) is 49.4. The lowest BCUT2D eigenvalue weighted by Crippen LogP contribution is -2.48. The monoisotopic (exact) mass is 624 g/mol. The van der Waals surface area contributed by atoms with Crippen molar-refractivity contribution in [3.63, 3.8) is 0 Å². The van der Waals surface area contributed by atoms with Crippen LogP contribution in [-0.4, -0.2) is 62.1 Å². The molecule has 4 aromatic rings. The van der Waals surface area contributed by atoms with Crippen molar-refractivity contribution >= 4 is 29.5 Å². The zero-order valence-corrected chi connectivity index (χ0v) is 25.3. The van der Waals surface area contributed by atoms with E-state index in [2.05, 4.69) is 36.6 Å². The lowest BCUT2D eigenvalue weighted by atomic mass is 9.81. The summed E-state index contributed by atoms with van der Waals surface area (Å²) in [5.41, 5.74) is 10.8. The predicted molar refractivity (Wildman–Crippen MR) is 170 cm³/mol. The highest BCUT2D eigenvalue weighted by Crippen LogP contribution is 2.29. The van der Waals surface area contributed by atoms with Crippen LogP contribution in [0.15, 0.2) is 66.7 Å². The number of benzene rings is 3. The number of aromatic amines is 1. The Kier molecular flexibility index (Phi) is 10.0. The fraction of sp³-hybridized carbons (Fsp3) is 0.303. The van der Waals surface area contributed by atoms with E-state index in [1.54, 1.807) is 36.4 Å². The van der Waals surface area contributed by atoms with Crippen molar-refractivity contribution in [1.29, 1.82) is 0 Å². The molecule has 1 fully saturated rings. The third kappa shape index (κ3) is 8.11. The van der Waals surface area contributed by atoms with Gasteiger partial charge in [0.1, 0.15) is 6.04 Å². The van der Waals surface area contributed by atoms with Gasteiger partial charge in [-0.05, 0) is 102 Å². The lowest BCUT2D eigenvalue weighted by Gasteiger charge is -2.29. The van der Waals surface area contributed by atoms with E-state index in [4.69, 9.17) is 10.8 Å². The van der Waals surface area contributed by atoms with Crippen LogP contribution in [0.5, 0.6) is 0 Å². The number of tetrazole rings is 1. The summed E-state index contributed by atoms with van der Waals surface area (Å²) in [5.74, 6) is -0.689. The van der Waals surface area contributed by atoms with Gasteiger partial charge in [0.15, 0.2) is 0 Å². The average molecular weight is 625 g/mol. The molecule has 0 radical (unpaired) electrons. The third-order valence-corrected chi connectivity index (χ3v) is 8.36. The number of nitrogens with two attached hydrogens (primary N) is 1. The van der Waals surface area contributed by atoms with Crippen molar-refractivity contribution in [3.8, 4) is 22.5 Å². The molecule has 46 heavy (non-hydrogen) atoms. The second-order valence-electron chi connectivity index (χ2n) is 11.6. The molecule has 238 valence electrons. The number of aromatic nitrogens is 4. The van der Waals surface area contributed by atoms with E-state index in [0.29, 0.717) is 36.5 Å². The minimum Gasteiger partial charge on any atom is -0.465 e. The van der Waals surface area contributed by atoms with E-state index < -0.39 is 18.0 Å². The Morgan fingerprint density at radius 3 is 2.26 bits per heavy atom. The summed E-state index contributed by atoms with van der Waals surface area (Å²) < 4.78 is 0. The summed E-state index contributed by atoms with van der Waals surface area (Å²) >= 11 is 0. The Morgan fingerprint density at radius 1 is 0.957 bits per heavy atom. The van der Waals surface area contributed by atoms with E-state index in [1.165, 1.54) is 0 Å². The first-order chi connectivity index (χ1) is 22.2. The van der Waals surface area contributed by atoms with Crippen molar-refractivity contribution in [2.75, 3.05) is 11.9 Å². The number of nitrogens with one attached hydrogen (secondary N) is 4. The van der Waals surface area contributed by atoms with Crippen LogP contribution in [-0.2, 0) is 16.0 Å². The number of carboxylic acid groups (broad SMARTS) is 1. The normalized spacial score (nSPS) is 16.6. The number of primary amides is 1. The molecular weight excluding hydrogens is 588 g/mol. The quantitative estimate of drug-likeness (QED) is 0.145. The van der Waals surface area contributed by atoms with Gasteiger partial charge in [0, 0.05) is 35.7 Å².